The predicted molar refractivity (Wildman–Crippen MR) is 62.4 cm³/mol. The molecule has 0 spiro atoms. The smallest absolute Gasteiger partial charge is 0.220 e. The highest BCUT2D eigenvalue weighted by Gasteiger charge is 2.21. The number of carbonyl (C=O) groups is 1. The molecular weight excluding hydrogens is 188 g/mol. The first-order valence-corrected chi connectivity index (χ1v) is 6.16. The van der Waals surface area contributed by atoms with Crippen molar-refractivity contribution in [3.8, 4) is 0 Å². The Morgan fingerprint density at radius 1 is 1.53 bits per heavy atom. The van der Waals surface area contributed by atoms with Gasteiger partial charge in [-0.05, 0) is 38.5 Å². The van der Waals surface area contributed by atoms with Crippen LogP contribution in [-0.4, -0.2) is 18.0 Å². The van der Waals surface area contributed by atoms with Crippen molar-refractivity contribution < 1.29 is 4.79 Å². The Balaban J connectivity index is 2.24. The van der Waals surface area contributed by atoms with E-state index in [4.69, 9.17) is 5.73 Å². The fraction of sp³-hybridized carbons (Fsp3) is 0.917. The molecule has 0 aromatic heterocycles. The van der Waals surface area contributed by atoms with E-state index in [9.17, 15) is 4.79 Å². The van der Waals surface area contributed by atoms with E-state index in [0.717, 1.165) is 19.3 Å². The van der Waals surface area contributed by atoms with Crippen LogP contribution in [0.25, 0.3) is 0 Å². The molecule has 0 aromatic carbocycles. The van der Waals surface area contributed by atoms with Crippen LogP contribution in [0, 0.1) is 5.92 Å². The summed E-state index contributed by atoms with van der Waals surface area (Å²) < 4.78 is 0. The molecule has 1 rings (SSSR count). The van der Waals surface area contributed by atoms with Crippen LogP contribution in [0.4, 0.5) is 0 Å². The molecule has 3 N–H and O–H groups in total. The van der Waals surface area contributed by atoms with Crippen molar-refractivity contribution in [2.45, 2.75) is 64.5 Å². The third kappa shape index (κ3) is 4.65. The molecule has 3 nitrogen and oxygen atoms in total. The van der Waals surface area contributed by atoms with Gasteiger partial charge in [0.25, 0.3) is 0 Å². The standard InChI is InChI=1S/C12H24N2O/c1-3-9(2)14-12(15)8-10-5-4-6-11(13)7-10/h9-11H,3-8,13H2,1-2H3,(H,14,15). The third-order valence-electron chi connectivity index (χ3n) is 3.32. The van der Waals surface area contributed by atoms with Crippen molar-refractivity contribution in [3.05, 3.63) is 0 Å². The topological polar surface area (TPSA) is 55.1 Å². The fourth-order valence-electron chi connectivity index (χ4n) is 2.22. The maximum atomic E-state index is 11.6. The highest BCUT2D eigenvalue weighted by molar-refractivity contribution is 5.76. The zero-order chi connectivity index (χ0) is 11.3. The van der Waals surface area contributed by atoms with Gasteiger partial charge in [-0.15, -0.1) is 0 Å². The van der Waals surface area contributed by atoms with Gasteiger partial charge in [0.05, 0.1) is 0 Å². The molecule has 0 heterocycles. The summed E-state index contributed by atoms with van der Waals surface area (Å²) in [5.41, 5.74) is 5.90. The minimum Gasteiger partial charge on any atom is -0.354 e. The van der Waals surface area contributed by atoms with Crippen LogP contribution >= 0.6 is 0 Å². The number of nitrogens with one attached hydrogen (secondary N) is 1. The molecule has 1 aliphatic carbocycles. The Morgan fingerprint density at radius 2 is 2.27 bits per heavy atom. The quantitative estimate of drug-likeness (QED) is 0.746. The van der Waals surface area contributed by atoms with Crippen molar-refractivity contribution >= 4 is 5.91 Å². The Hall–Kier alpha value is -0.570. The van der Waals surface area contributed by atoms with Gasteiger partial charge < -0.3 is 11.1 Å². The molecule has 3 unspecified atom stereocenters. The summed E-state index contributed by atoms with van der Waals surface area (Å²) in [7, 11) is 0. The lowest BCUT2D eigenvalue weighted by Crippen LogP contribution is -2.35. The van der Waals surface area contributed by atoms with Gasteiger partial charge in [-0.2, -0.15) is 0 Å². The number of hydrogen-bond donors (Lipinski definition) is 2. The zero-order valence-electron chi connectivity index (χ0n) is 9.96. The summed E-state index contributed by atoms with van der Waals surface area (Å²) in [6.45, 7) is 4.13. The zero-order valence-corrected chi connectivity index (χ0v) is 9.96. The van der Waals surface area contributed by atoms with Crippen molar-refractivity contribution in [3.63, 3.8) is 0 Å². The van der Waals surface area contributed by atoms with Gasteiger partial charge >= 0.3 is 0 Å². The van der Waals surface area contributed by atoms with Gasteiger partial charge in [0.1, 0.15) is 0 Å². The van der Waals surface area contributed by atoms with E-state index in [1.54, 1.807) is 0 Å². The predicted octanol–water partition coefficient (Wildman–Crippen LogP) is 1.81. The van der Waals surface area contributed by atoms with Crippen LogP contribution < -0.4 is 11.1 Å². The van der Waals surface area contributed by atoms with Gasteiger partial charge in [-0.1, -0.05) is 13.3 Å². The summed E-state index contributed by atoms with van der Waals surface area (Å²) in [6, 6.07) is 0.620. The molecule has 0 bridgehead atoms. The molecule has 3 atom stereocenters. The summed E-state index contributed by atoms with van der Waals surface area (Å²) in [4.78, 5) is 11.6. The van der Waals surface area contributed by atoms with Crippen LogP contribution in [0.3, 0.4) is 0 Å². The highest BCUT2D eigenvalue weighted by atomic mass is 16.1. The lowest BCUT2D eigenvalue weighted by atomic mass is 9.84. The Kier molecular flexibility index (Phi) is 5.09. The minimum absolute atomic E-state index is 0.198. The largest absolute Gasteiger partial charge is 0.354 e. The first kappa shape index (κ1) is 12.5. The second-order valence-corrected chi connectivity index (χ2v) is 4.87. The average Bonchev–Trinajstić information content (AvgIpc) is 2.17. The highest BCUT2D eigenvalue weighted by Crippen LogP contribution is 2.25. The number of hydrogen-bond acceptors (Lipinski definition) is 2. The molecule has 0 aliphatic heterocycles. The Morgan fingerprint density at radius 3 is 2.87 bits per heavy atom. The number of rotatable bonds is 4. The molecule has 0 aromatic rings. The molecule has 3 heteroatoms. The molecule has 0 saturated heterocycles. The summed E-state index contributed by atoms with van der Waals surface area (Å²) in [5.74, 6) is 0.709. The SMILES string of the molecule is CCC(C)NC(=O)CC1CCCC(N)C1. The molecule has 1 amide bonds. The van der Waals surface area contributed by atoms with Crippen molar-refractivity contribution in [2.75, 3.05) is 0 Å². The average molecular weight is 212 g/mol. The molecule has 1 fully saturated rings. The number of nitrogens with two attached hydrogens (primary N) is 1. The Labute approximate surface area is 92.8 Å². The maximum Gasteiger partial charge on any atom is 0.220 e. The normalized spacial score (nSPS) is 28.5. The first-order chi connectivity index (χ1) is 7.11. The van der Waals surface area contributed by atoms with E-state index in [0.29, 0.717) is 24.4 Å². The van der Waals surface area contributed by atoms with Crippen molar-refractivity contribution in [1.29, 1.82) is 0 Å². The number of carbonyl (C=O) groups excluding carboxylic acids is 1. The second kappa shape index (κ2) is 6.11. The van der Waals surface area contributed by atoms with E-state index < -0.39 is 0 Å². The van der Waals surface area contributed by atoms with Crippen LogP contribution in [-0.2, 0) is 4.79 Å². The summed E-state index contributed by atoms with van der Waals surface area (Å²) in [6.07, 6.45) is 6.16. The number of amides is 1. The maximum absolute atomic E-state index is 11.6. The van der Waals surface area contributed by atoms with Gasteiger partial charge in [0, 0.05) is 18.5 Å². The van der Waals surface area contributed by atoms with E-state index in [1.807, 2.05) is 6.92 Å². The van der Waals surface area contributed by atoms with Crippen molar-refractivity contribution in [1.82, 2.24) is 5.32 Å². The van der Waals surface area contributed by atoms with Crippen LogP contribution in [0.5, 0.6) is 0 Å². The molecule has 0 radical (unpaired) electrons. The van der Waals surface area contributed by atoms with Crippen molar-refractivity contribution in [2.24, 2.45) is 11.7 Å². The van der Waals surface area contributed by atoms with Crippen LogP contribution in [0.2, 0.25) is 0 Å². The lowest BCUT2D eigenvalue weighted by molar-refractivity contribution is -0.122. The third-order valence-corrected chi connectivity index (χ3v) is 3.32. The first-order valence-electron chi connectivity index (χ1n) is 6.16. The van der Waals surface area contributed by atoms with E-state index in [2.05, 4.69) is 12.2 Å². The monoisotopic (exact) mass is 212 g/mol. The Bertz CT molecular complexity index is 206. The van der Waals surface area contributed by atoms with Gasteiger partial charge in [0.15, 0.2) is 0 Å². The summed E-state index contributed by atoms with van der Waals surface area (Å²) >= 11 is 0. The van der Waals surface area contributed by atoms with Gasteiger partial charge in [-0.3, -0.25) is 4.79 Å². The molecule has 1 aliphatic rings. The van der Waals surface area contributed by atoms with E-state index >= 15 is 0 Å². The lowest BCUT2D eigenvalue weighted by Gasteiger charge is -2.26. The van der Waals surface area contributed by atoms with Crippen LogP contribution in [0.15, 0.2) is 0 Å². The molecule has 88 valence electrons. The van der Waals surface area contributed by atoms with Gasteiger partial charge in [0.2, 0.25) is 5.91 Å². The summed E-state index contributed by atoms with van der Waals surface area (Å²) in [5, 5.41) is 3.01. The van der Waals surface area contributed by atoms with E-state index in [-0.39, 0.29) is 5.91 Å². The van der Waals surface area contributed by atoms with Gasteiger partial charge in [-0.25, -0.2) is 0 Å². The molecule has 15 heavy (non-hydrogen) atoms. The van der Waals surface area contributed by atoms with Crippen LogP contribution in [0.1, 0.15) is 52.4 Å². The molecule has 1 saturated carbocycles. The minimum atomic E-state index is 0.198. The fourth-order valence-corrected chi connectivity index (χ4v) is 2.22. The molecular formula is C12H24N2O. The van der Waals surface area contributed by atoms with E-state index in [1.165, 1.54) is 12.8 Å². The second-order valence-electron chi connectivity index (χ2n) is 4.87.